The van der Waals surface area contributed by atoms with E-state index in [4.69, 9.17) is 4.98 Å². The summed E-state index contributed by atoms with van der Waals surface area (Å²) in [5.41, 5.74) is 3.56. The lowest BCUT2D eigenvalue weighted by atomic mass is 10.1. The third-order valence-electron chi connectivity index (χ3n) is 4.15. The summed E-state index contributed by atoms with van der Waals surface area (Å²) in [6, 6.07) is 18.8. The Kier molecular flexibility index (Phi) is 5.26. The summed E-state index contributed by atoms with van der Waals surface area (Å²) in [5.74, 6) is 1.04. The average Bonchev–Trinajstić information content (AvgIpc) is 2.93. The summed E-state index contributed by atoms with van der Waals surface area (Å²) >= 11 is 0. The molecule has 3 rings (SSSR count). The van der Waals surface area contributed by atoms with Crippen molar-refractivity contribution >= 4 is 16.9 Å². The zero-order chi connectivity index (χ0) is 16.8. The highest BCUT2D eigenvalue weighted by molar-refractivity contribution is 5.76. The normalized spacial score (nSPS) is 10.9. The van der Waals surface area contributed by atoms with Crippen LogP contribution in [0.4, 0.5) is 0 Å². The standard InChI is InChI=1S/C20H23N3O/c1-16(24)21-14-13-20-22-18-11-5-6-12-19(18)23(20)15-7-10-17-8-3-2-4-9-17/h2-6,8-9,11-12H,7,10,13-15H2,1H3,(H,21,24). The van der Waals surface area contributed by atoms with E-state index in [1.807, 2.05) is 18.2 Å². The van der Waals surface area contributed by atoms with Gasteiger partial charge in [-0.3, -0.25) is 4.79 Å². The topological polar surface area (TPSA) is 46.9 Å². The monoisotopic (exact) mass is 321 g/mol. The summed E-state index contributed by atoms with van der Waals surface area (Å²) in [5, 5.41) is 2.86. The first-order valence-corrected chi connectivity index (χ1v) is 8.46. The van der Waals surface area contributed by atoms with Crippen LogP contribution in [0, 0.1) is 0 Å². The molecular weight excluding hydrogens is 298 g/mol. The quantitative estimate of drug-likeness (QED) is 0.725. The van der Waals surface area contributed by atoms with Gasteiger partial charge in [-0.05, 0) is 30.5 Å². The molecule has 0 atom stereocenters. The predicted molar refractivity (Wildman–Crippen MR) is 96.9 cm³/mol. The van der Waals surface area contributed by atoms with E-state index in [-0.39, 0.29) is 5.91 Å². The molecule has 0 bridgehead atoms. The van der Waals surface area contributed by atoms with Gasteiger partial charge in [0.2, 0.25) is 5.91 Å². The second kappa shape index (κ2) is 7.77. The SMILES string of the molecule is CC(=O)NCCc1nc2ccccc2n1CCCc1ccccc1. The van der Waals surface area contributed by atoms with Crippen LogP contribution in [0.2, 0.25) is 0 Å². The second-order valence-corrected chi connectivity index (χ2v) is 5.99. The van der Waals surface area contributed by atoms with Crippen LogP contribution in [-0.2, 0) is 24.2 Å². The van der Waals surface area contributed by atoms with E-state index in [9.17, 15) is 4.79 Å². The molecule has 1 amide bonds. The fraction of sp³-hybridized carbons (Fsp3) is 0.300. The molecule has 2 aromatic carbocycles. The van der Waals surface area contributed by atoms with Crippen molar-refractivity contribution in [3.63, 3.8) is 0 Å². The Morgan fingerprint density at radius 2 is 1.79 bits per heavy atom. The molecule has 0 fully saturated rings. The lowest BCUT2D eigenvalue weighted by Crippen LogP contribution is -2.23. The number of fused-ring (bicyclic) bond motifs is 1. The third kappa shape index (κ3) is 4.02. The van der Waals surface area contributed by atoms with Gasteiger partial charge in [-0.1, -0.05) is 42.5 Å². The van der Waals surface area contributed by atoms with Crippen molar-refractivity contribution in [3.05, 3.63) is 66.0 Å². The van der Waals surface area contributed by atoms with Crippen LogP contribution in [0.25, 0.3) is 11.0 Å². The number of hydrogen-bond acceptors (Lipinski definition) is 2. The Bertz CT molecular complexity index is 808. The van der Waals surface area contributed by atoms with E-state index in [1.54, 1.807) is 6.92 Å². The number of carbonyl (C=O) groups is 1. The van der Waals surface area contributed by atoms with Gasteiger partial charge in [-0.2, -0.15) is 0 Å². The Balaban J connectivity index is 1.72. The van der Waals surface area contributed by atoms with Gasteiger partial charge in [-0.15, -0.1) is 0 Å². The molecule has 24 heavy (non-hydrogen) atoms. The van der Waals surface area contributed by atoms with Crippen molar-refractivity contribution in [2.24, 2.45) is 0 Å². The van der Waals surface area contributed by atoms with E-state index < -0.39 is 0 Å². The van der Waals surface area contributed by atoms with E-state index in [2.05, 4.69) is 46.3 Å². The average molecular weight is 321 g/mol. The van der Waals surface area contributed by atoms with Gasteiger partial charge in [0, 0.05) is 26.4 Å². The summed E-state index contributed by atoms with van der Waals surface area (Å²) in [4.78, 5) is 15.8. The minimum absolute atomic E-state index is 0.00161. The molecule has 0 aliphatic heterocycles. The van der Waals surface area contributed by atoms with E-state index >= 15 is 0 Å². The van der Waals surface area contributed by atoms with Crippen molar-refractivity contribution < 1.29 is 4.79 Å². The van der Waals surface area contributed by atoms with Gasteiger partial charge in [0.1, 0.15) is 5.82 Å². The van der Waals surface area contributed by atoms with Gasteiger partial charge in [0.15, 0.2) is 0 Å². The highest BCUT2D eigenvalue weighted by Gasteiger charge is 2.10. The molecule has 0 aliphatic rings. The maximum atomic E-state index is 11.1. The molecule has 3 aromatic rings. The fourth-order valence-electron chi connectivity index (χ4n) is 3.00. The van der Waals surface area contributed by atoms with Crippen molar-refractivity contribution in [2.75, 3.05) is 6.54 Å². The highest BCUT2D eigenvalue weighted by Crippen LogP contribution is 2.17. The minimum Gasteiger partial charge on any atom is -0.356 e. The maximum Gasteiger partial charge on any atom is 0.216 e. The molecule has 0 saturated carbocycles. The lowest BCUT2D eigenvalue weighted by molar-refractivity contribution is -0.118. The Hall–Kier alpha value is -2.62. The summed E-state index contributed by atoms with van der Waals surface area (Å²) in [6.45, 7) is 3.10. The van der Waals surface area contributed by atoms with Crippen LogP contribution < -0.4 is 5.32 Å². The number of aryl methyl sites for hydroxylation is 2. The highest BCUT2D eigenvalue weighted by atomic mass is 16.1. The first-order chi connectivity index (χ1) is 11.7. The minimum atomic E-state index is 0.00161. The second-order valence-electron chi connectivity index (χ2n) is 5.99. The molecule has 1 N–H and O–H groups in total. The van der Waals surface area contributed by atoms with Gasteiger partial charge < -0.3 is 9.88 Å². The number of para-hydroxylation sites is 2. The van der Waals surface area contributed by atoms with Crippen LogP contribution >= 0.6 is 0 Å². The number of nitrogens with one attached hydrogen (secondary N) is 1. The summed E-state index contributed by atoms with van der Waals surface area (Å²) in [7, 11) is 0. The molecule has 0 spiro atoms. The molecule has 0 radical (unpaired) electrons. The van der Waals surface area contributed by atoms with Gasteiger partial charge in [-0.25, -0.2) is 4.98 Å². The molecule has 4 nitrogen and oxygen atoms in total. The number of benzene rings is 2. The van der Waals surface area contributed by atoms with Gasteiger partial charge >= 0.3 is 0 Å². The van der Waals surface area contributed by atoms with Crippen LogP contribution in [-0.4, -0.2) is 22.0 Å². The molecule has 1 heterocycles. The molecule has 0 saturated heterocycles. The van der Waals surface area contributed by atoms with E-state index in [0.29, 0.717) is 6.54 Å². The zero-order valence-electron chi connectivity index (χ0n) is 14.0. The molecule has 0 unspecified atom stereocenters. The Morgan fingerprint density at radius 3 is 2.58 bits per heavy atom. The van der Waals surface area contributed by atoms with E-state index in [1.165, 1.54) is 11.1 Å². The fourth-order valence-corrected chi connectivity index (χ4v) is 3.00. The smallest absolute Gasteiger partial charge is 0.216 e. The van der Waals surface area contributed by atoms with E-state index in [0.717, 1.165) is 37.1 Å². The first kappa shape index (κ1) is 16.2. The van der Waals surface area contributed by atoms with Crippen LogP contribution in [0.5, 0.6) is 0 Å². The lowest BCUT2D eigenvalue weighted by Gasteiger charge is -2.10. The first-order valence-electron chi connectivity index (χ1n) is 8.46. The number of hydrogen-bond donors (Lipinski definition) is 1. The maximum absolute atomic E-state index is 11.1. The Morgan fingerprint density at radius 1 is 1.04 bits per heavy atom. The number of amides is 1. The number of aromatic nitrogens is 2. The van der Waals surface area contributed by atoms with Crippen molar-refractivity contribution in [3.8, 4) is 0 Å². The van der Waals surface area contributed by atoms with Crippen molar-refractivity contribution in [1.82, 2.24) is 14.9 Å². The van der Waals surface area contributed by atoms with Crippen molar-refractivity contribution in [1.29, 1.82) is 0 Å². The number of nitrogens with zero attached hydrogens (tertiary/aromatic N) is 2. The molecular formula is C20H23N3O. The zero-order valence-corrected chi connectivity index (χ0v) is 14.0. The third-order valence-corrected chi connectivity index (χ3v) is 4.15. The van der Waals surface area contributed by atoms with Crippen LogP contribution in [0.15, 0.2) is 54.6 Å². The molecule has 4 heteroatoms. The van der Waals surface area contributed by atoms with Crippen LogP contribution in [0.1, 0.15) is 24.7 Å². The number of imidazole rings is 1. The summed E-state index contributed by atoms with van der Waals surface area (Å²) < 4.78 is 2.29. The van der Waals surface area contributed by atoms with Crippen LogP contribution in [0.3, 0.4) is 0 Å². The molecule has 0 aliphatic carbocycles. The Labute approximate surface area is 142 Å². The molecule has 1 aromatic heterocycles. The van der Waals surface area contributed by atoms with Gasteiger partial charge in [0.25, 0.3) is 0 Å². The number of carbonyl (C=O) groups excluding carboxylic acids is 1. The predicted octanol–water partition coefficient (Wildman–Crippen LogP) is 3.35. The largest absolute Gasteiger partial charge is 0.356 e. The van der Waals surface area contributed by atoms with Gasteiger partial charge in [0.05, 0.1) is 11.0 Å². The number of rotatable bonds is 7. The molecule has 124 valence electrons. The van der Waals surface area contributed by atoms with Crippen molar-refractivity contribution in [2.45, 2.75) is 32.7 Å². The summed E-state index contributed by atoms with van der Waals surface area (Å²) in [6.07, 6.45) is 2.87.